The number of carbonyl (C=O) groups excluding carboxylic acids is 1. The fourth-order valence-electron chi connectivity index (χ4n) is 2.71. The topological polar surface area (TPSA) is 66.9 Å². The molecule has 0 aliphatic carbocycles. The molecule has 0 aliphatic rings. The average Bonchev–Trinajstić information content (AvgIpc) is 2.70. The smallest absolute Gasteiger partial charge is 0.274 e. The summed E-state index contributed by atoms with van der Waals surface area (Å²) in [5.74, 6) is -0.967. The van der Waals surface area contributed by atoms with Crippen LogP contribution in [0.15, 0.2) is 79.1 Å². The standard InChI is InChI=1S/C21H15FN4O/c22-16-7-1-2-8-17(16)26-21(27)19-11-10-15(13-24-19)25-18-9-3-5-14-6-4-12-23-20(14)18/h1-13,25H,(H,26,27). The SMILES string of the molecule is O=C(Nc1ccccc1F)c1ccc(Nc2cccc3cccnc23)cn1. The van der Waals surface area contributed by atoms with Crippen molar-refractivity contribution >= 4 is 33.9 Å². The van der Waals surface area contributed by atoms with Crippen LogP contribution >= 0.6 is 0 Å². The maximum absolute atomic E-state index is 13.6. The second-order valence-electron chi connectivity index (χ2n) is 5.87. The van der Waals surface area contributed by atoms with E-state index in [0.717, 1.165) is 22.3 Å². The monoisotopic (exact) mass is 358 g/mol. The van der Waals surface area contributed by atoms with Gasteiger partial charge in [-0.15, -0.1) is 0 Å². The van der Waals surface area contributed by atoms with Gasteiger partial charge in [0, 0.05) is 11.6 Å². The van der Waals surface area contributed by atoms with Crippen molar-refractivity contribution in [2.24, 2.45) is 0 Å². The van der Waals surface area contributed by atoms with Crippen molar-refractivity contribution in [2.45, 2.75) is 0 Å². The molecule has 2 aromatic carbocycles. The average molecular weight is 358 g/mol. The zero-order valence-electron chi connectivity index (χ0n) is 14.2. The number of fused-ring (bicyclic) bond motifs is 1. The lowest BCUT2D eigenvalue weighted by Gasteiger charge is -2.10. The van der Waals surface area contributed by atoms with E-state index in [-0.39, 0.29) is 11.4 Å². The van der Waals surface area contributed by atoms with Crippen LogP contribution in [0.4, 0.5) is 21.5 Å². The Morgan fingerprint density at radius 1 is 0.852 bits per heavy atom. The molecule has 27 heavy (non-hydrogen) atoms. The lowest BCUT2D eigenvalue weighted by atomic mass is 10.2. The van der Waals surface area contributed by atoms with Crippen molar-refractivity contribution in [3.05, 3.63) is 90.6 Å². The first-order valence-corrected chi connectivity index (χ1v) is 8.33. The molecule has 0 saturated heterocycles. The van der Waals surface area contributed by atoms with E-state index in [1.807, 2.05) is 30.3 Å². The molecule has 0 fully saturated rings. The van der Waals surface area contributed by atoms with Gasteiger partial charge in [-0.3, -0.25) is 9.78 Å². The third-order valence-electron chi connectivity index (χ3n) is 4.03. The third-order valence-corrected chi connectivity index (χ3v) is 4.03. The van der Waals surface area contributed by atoms with Gasteiger partial charge in [0.05, 0.1) is 28.8 Å². The number of nitrogens with zero attached hydrogens (tertiary/aromatic N) is 2. The first kappa shape index (κ1) is 16.7. The van der Waals surface area contributed by atoms with Crippen molar-refractivity contribution in [3.8, 4) is 0 Å². The van der Waals surface area contributed by atoms with Crippen molar-refractivity contribution in [2.75, 3.05) is 10.6 Å². The van der Waals surface area contributed by atoms with Gasteiger partial charge in [0.2, 0.25) is 0 Å². The van der Waals surface area contributed by atoms with Crippen LogP contribution in [0.1, 0.15) is 10.5 Å². The van der Waals surface area contributed by atoms with Gasteiger partial charge in [-0.1, -0.05) is 30.3 Å². The van der Waals surface area contributed by atoms with Crippen LogP contribution in [0.5, 0.6) is 0 Å². The second-order valence-corrected chi connectivity index (χ2v) is 5.87. The molecule has 0 spiro atoms. The van der Waals surface area contributed by atoms with Gasteiger partial charge >= 0.3 is 0 Å². The van der Waals surface area contributed by atoms with E-state index in [9.17, 15) is 9.18 Å². The van der Waals surface area contributed by atoms with Crippen LogP contribution < -0.4 is 10.6 Å². The van der Waals surface area contributed by atoms with E-state index in [1.165, 1.54) is 12.1 Å². The lowest BCUT2D eigenvalue weighted by molar-refractivity contribution is 0.102. The Balaban J connectivity index is 1.52. The number of benzene rings is 2. The van der Waals surface area contributed by atoms with Crippen LogP contribution in [0.2, 0.25) is 0 Å². The highest BCUT2D eigenvalue weighted by Gasteiger charge is 2.10. The predicted octanol–water partition coefficient (Wildman–Crippen LogP) is 4.76. The summed E-state index contributed by atoms with van der Waals surface area (Å²) in [7, 11) is 0. The number of nitrogens with one attached hydrogen (secondary N) is 2. The number of halogens is 1. The molecule has 0 radical (unpaired) electrons. The minimum Gasteiger partial charge on any atom is -0.352 e. The molecule has 4 aromatic rings. The van der Waals surface area contributed by atoms with Crippen LogP contribution in [0, 0.1) is 5.82 Å². The summed E-state index contributed by atoms with van der Waals surface area (Å²) in [4.78, 5) is 20.8. The third kappa shape index (κ3) is 3.59. The molecule has 2 N–H and O–H groups in total. The Kier molecular flexibility index (Phi) is 4.45. The molecule has 0 unspecified atom stereocenters. The minimum atomic E-state index is -0.493. The van der Waals surface area contributed by atoms with Gasteiger partial charge in [0.1, 0.15) is 11.5 Å². The number of pyridine rings is 2. The van der Waals surface area contributed by atoms with Crippen molar-refractivity contribution in [1.82, 2.24) is 9.97 Å². The molecule has 132 valence electrons. The van der Waals surface area contributed by atoms with Crippen molar-refractivity contribution in [3.63, 3.8) is 0 Å². The van der Waals surface area contributed by atoms with Crippen molar-refractivity contribution < 1.29 is 9.18 Å². The summed E-state index contributed by atoms with van der Waals surface area (Å²) in [5, 5.41) is 6.79. The number of para-hydroxylation sites is 2. The number of anilines is 3. The summed E-state index contributed by atoms with van der Waals surface area (Å²) in [6.07, 6.45) is 3.29. The quantitative estimate of drug-likeness (QED) is 0.552. The first-order valence-electron chi connectivity index (χ1n) is 8.33. The summed E-state index contributed by atoms with van der Waals surface area (Å²) >= 11 is 0. The Bertz CT molecular complexity index is 1110. The highest BCUT2D eigenvalue weighted by Crippen LogP contribution is 2.24. The van der Waals surface area contributed by atoms with Gasteiger partial charge < -0.3 is 10.6 Å². The minimum absolute atomic E-state index is 0.119. The highest BCUT2D eigenvalue weighted by molar-refractivity contribution is 6.03. The highest BCUT2D eigenvalue weighted by atomic mass is 19.1. The van der Waals surface area contributed by atoms with Gasteiger partial charge in [0.15, 0.2) is 0 Å². The van der Waals surface area contributed by atoms with E-state index in [2.05, 4.69) is 20.6 Å². The molecule has 0 bridgehead atoms. The zero-order valence-corrected chi connectivity index (χ0v) is 14.2. The lowest BCUT2D eigenvalue weighted by Crippen LogP contribution is -2.14. The fourth-order valence-corrected chi connectivity index (χ4v) is 2.71. The van der Waals surface area contributed by atoms with Gasteiger partial charge in [-0.2, -0.15) is 0 Å². The van der Waals surface area contributed by atoms with E-state index < -0.39 is 11.7 Å². The number of carbonyl (C=O) groups is 1. The summed E-state index contributed by atoms with van der Waals surface area (Å²) < 4.78 is 13.6. The maximum Gasteiger partial charge on any atom is 0.274 e. The number of aromatic nitrogens is 2. The number of hydrogen-bond acceptors (Lipinski definition) is 4. The zero-order chi connectivity index (χ0) is 18.6. The van der Waals surface area contributed by atoms with Gasteiger partial charge in [-0.05, 0) is 36.4 Å². The molecular weight excluding hydrogens is 343 g/mol. The molecular formula is C21H15FN4O. The molecule has 0 saturated carbocycles. The molecule has 4 rings (SSSR count). The van der Waals surface area contributed by atoms with E-state index in [0.29, 0.717) is 0 Å². The van der Waals surface area contributed by atoms with E-state index in [1.54, 1.807) is 36.7 Å². The molecule has 0 aliphatic heterocycles. The summed E-state index contributed by atoms with van der Waals surface area (Å²) in [6, 6.07) is 19.0. The summed E-state index contributed by atoms with van der Waals surface area (Å²) in [6.45, 7) is 0. The molecule has 2 heterocycles. The predicted molar refractivity (Wildman–Crippen MR) is 104 cm³/mol. The van der Waals surface area contributed by atoms with Crippen LogP contribution in [-0.2, 0) is 0 Å². The number of hydrogen-bond donors (Lipinski definition) is 2. The summed E-state index contributed by atoms with van der Waals surface area (Å²) in [5.41, 5.74) is 2.73. The van der Waals surface area contributed by atoms with Crippen LogP contribution in [0.25, 0.3) is 10.9 Å². The molecule has 2 aromatic heterocycles. The molecule has 0 atom stereocenters. The first-order chi connectivity index (χ1) is 13.2. The molecule has 5 nitrogen and oxygen atoms in total. The van der Waals surface area contributed by atoms with E-state index >= 15 is 0 Å². The van der Waals surface area contributed by atoms with Crippen molar-refractivity contribution in [1.29, 1.82) is 0 Å². The number of rotatable bonds is 4. The van der Waals surface area contributed by atoms with Gasteiger partial charge in [-0.25, -0.2) is 9.37 Å². The second kappa shape index (κ2) is 7.21. The number of amides is 1. The Morgan fingerprint density at radius 2 is 1.67 bits per heavy atom. The van der Waals surface area contributed by atoms with Crippen LogP contribution in [0.3, 0.4) is 0 Å². The Morgan fingerprint density at radius 3 is 2.48 bits per heavy atom. The normalized spacial score (nSPS) is 10.6. The maximum atomic E-state index is 13.6. The molecule has 6 heteroatoms. The molecule has 1 amide bonds. The Hall–Kier alpha value is -3.80. The van der Waals surface area contributed by atoms with E-state index in [4.69, 9.17) is 0 Å². The Labute approximate surface area is 154 Å². The van der Waals surface area contributed by atoms with Crippen LogP contribution in [-0.4, -0.2) is 15.9 Å². The van der Waals surface area contributed by atoms with Gasteiger partial charge in [0.25, 0.3) is 5.91 Å². The largest absolute Gasteiger partial charge is 0.352 e. The fraction of sp³-hybridized carbons (Fsp3) is 0.